The molecule has 0 saturated carbocycles. The summed E-state index contributed by atoms with van der Waals surface area (Å²) in [5, 5.41) is 9.90. The number of piperidine rings is 1. The van der Waals surface area contributed by atoms with Gasteiger partial charge in [0.15, 0.2) is 0 Å². The lowest BCUT2D eigenvalue weighted by molar-refractivity contribution is 0.154. The summed E-state index contributed by atoms with van der Waals surface area (Å²) in [5.41, 5.74) is 4.15. The molecule has 1 fully saturated rings. The van der Waals surface area contributed by atoms with E-state index in [2.05, 4.69) is 27.0 Å². The largest absolute Gasteiger partial charge is 0.491 e. The Bertz CT molecular complexity index is 816. The molecular weight excluding hydrogens is 314 g/mol. The third kappa shape index (κ3) is 3.24. The van der Waals surface area contributed by atoms with Gasteiger partial charge in [0.05, 0.1) is 23.6 Å². The van der Waals surface area contributed by atoms with Crippen molar-refractivity contribution in [2.75, 3.05) is 18.0 Å². The monoisotopic (exact) mass is 337 g/mol. The second-order valence-electron chi connectivity index (χ2n) is 6.95. The number of aliphatic imine (C=N–C) groups is 1. The van der Waals surface area contributed by atoms with Crippen molar-refractivity contribution in [3.05, 3.63) is 47.7 Å². The van der Waals surface area contributed by atoms with E-state index < -0.39 is 0 Å². The molecule has 1 N–H and O–H groups in total. The minimum atomic E-state index is -0.267. The molecule has 5 heteroatoms. The fraction of sp³-hybridized carbons (Fsp3) is 0.400. The number of hydrogen-bond donors (Lipinski definition) is 1. The molecule has 1 aromatic heterocycles. The van der Waals surface area contributed by atoms with Gasteiger partial charge in [-0.1, -0.05) is 0 Å². The van der Waals surface area contributed by atoms with Gasteiger partial charge in [0.25, 0.3) is 0 Å². The minimum absolute atomic E-state index is 0.150. The Hall–Kier alpha value is -2.40. The van der Waals surface area contributed by atoms with Crippen LogP contribution in [0.25, 0.3) is 0 Å². The molecule has 0 radical (unpaired) electrons. The Morgan fingerprint density at radius 2 is 2.12 bits per heavy atom. The highest BCUT2D eigenvalue weighted by Gasteiger charge is 2.23. The molecule has 2 aromatic rings. The molecule has 1 atom stereocenters. The molecule has 0 amide bonds. The predicted octanol–water partition coefficient (Wildman–Crippen LogP) is 3.31. The number of anilines is 1. The van der Waals surface area contributed by atoms with E-state index in [1.807, 2.05) is 38.2 Å². The van der Waals surface area contributed by atoms with E-state index in [1.165, 1.54) is 0 Å². The zero-order chi connectivity index (χ0) is 17.4. The fourth-order valence-corrected chi connectivity index (χ4v) is 3.40. The van der Waals surface area contributed by atoms with Gasteiger partial charge >= 0.3 is 0 Å². The summed E-state index contributed by atoms with van der Waals surface area (Å²) in [6.07, 6.45) is 3.57. The number of hydrogen-bond acceptors (Lipinski definition) is 5. The minimum Gasteiger partial charge on any atom is -0.491 e. The van der Waals surface area contributed by atoms with Crippen molar-refractivity contribution < 1.29 is 9.84 Å². The van der Waals surface area contributed by atoms with Gasteiger partial charge in [0.2, 0.25) is 0 Å². The molecule has 3 heterocycles. The number of benzene rings is 1. The van der Waals surface area contributed by atoms with E-state index in [4.69, 9.17) is 4.74 Å². The second kappa shape index (κ2) is 6.48. The Morgan fingerprint density at radius 1 is 1.24 bits per heavy atom. The van der Waals surface area contributed by atoms with Gasteiger partial charge in [-0.15, -0.1) is 0 Å². The van der Waals surface area contributed by atoms with Crippen LogP contribution < -0.4 is 9.64 Å². The van der Waals surface area contributed by atoms with Crippen LogP contribution in [-0.2, 0) is 0 Å². The zero-order valence-electron chi connectivity index (χ0n) is 14.6. The third-order valence-electron chi connectivity index (χ3n) is 4.57. The maximum atomic E-state index is 9.90. The number of rotatable bonds is 4. The molecule has 25 heavy (non-hydrogen) atoms. The standard InChI is InChI=1S/C20H23N3O2/c1-13(2)25-16-5-6-18-17(11-16)20(22-18)14-7-8-21-19(10-14)23-9-3-4-15(24)12-23/h5-8,10-11,13,15,24H,3-4,9,12H2,1-2H3. The van der Waals surface area contributed by atoms with E-state index in [0.717, 1.165) is 53.5 Å². The maximum Gasteiger partial charge on any atom is 0.129 e. The van der Waals surface area contributed by atoms with E-state index >= 15 is 0 Å². The summed E-state index contributed by atoms with van der Waals surface area (Å²) < 4.78 is 5.80. The topological polar surface area (TPSA) is 58.0 Å². The van der Waals surface area contributed by atoms with Crippen LogP contribution in [0.2, 0.25) is 0 Å². The average molecular weight is 337 g/mol. The number of aliphatic hydroxyl groups is 1. The van der Waals surface area contributed by atoms with Crippen molar-refractivity contribution in [1.82, 2.24) is 4.98 Å². The van der Waals surface area contributed by atoms with Crippen molar-refractivity contribution in [2.45, 2.75) is 38.9 Å². The quantitative estimate of drug-likeness (QED) is 0.793. The smallest absolute Gasteiger partial charge is 0.129 e. The summed E-state index contributed by atoms with van der Waals surface area (Å²) in [6, 6.07) is 10.1. The van der Waals surface area contributed by atoms with Crippen molar-refractivity contribution in [2.24, 2.45) is 4.99 Å². The van der Waals surface area contributed by atoms with Crippen LogP contribution in [0.1, 0.15) is 37.8 Å². The van der Waals surface area contributed by atoms with E-state index in [9.17, 15) is 5.11 Å². The molecule has 1 saturated heterocycles. The normalized spacial score (nSPS) is 19.3. The molecule has 1 aromatic carbocycles. The molecular formula is C20H23N3O2. The van der Waals surface area contributed by atoms with Gasteiger partial charge in [0, 0.05) is 30.4 Å². The highest BCUT2D eigenvalue weighted by molar-refractivity contribution is 6.22. The zero-order valence-corrected chi connectivity index (χ0v) is 14.6. The lowest BCUT2D eigenvalue weighted by atomic mass is 9.95. The number of pyridine rings is 1. The number of β-amino-alcohol motifs (C(OH)–C–C–N with tert-alkyl or cyclic N) is 1. The SMILES string of the molecule is CC(C)Oc1ccc2c(c1)C(c1ccnc(N3CCCC(O)C3)c1)=N2. The molecule has 4 rings (SSSR count). The van der Waals surface area contributed by atoms with Crippen molar-refractivity contribution in [3.63, 3.8) is 0 Å². The van der Waals surface area contributed by atoms with Gasteiger partial charge in [0.1, 0.15) is 11.6 Å². The Labute approximate surface area is 148 Å². The number of aromatic nitrogens is 1. The lowest BCUT2D eigenvalue weighted by Crippen LogP contribution is -2.38. The summed E-state index contributed by atoms with van der Waals surface area (Å²) >= 11 is 0. The first-order chi connectivity index (χ1) is 12.1. The Morgan fingerprint density at radius 3 is 2.92 bits per heavy atom. The van der Waals surface area contributed by atoms with E-state index in [1.54, 1.807) is 0 Å². The first kappa shape index (κ1) is 16.1. The first-order valence-corrected chi connectivity index (χ1v) is 8.89. The predicted molar refractivity (Wildman–Crippen MR) is 99.2 cm³/mol. The second-order valence-corrected chi connectivity index (χ2v) is 6.95. The number of ether oxygens (including phenoxy) is 1. The molecule has 130 valence electrons. The molecule has 2 aliphatic heterocycles. The van der Waals surface area contributed by atoms with Crippen LogP contribution in [0.5, 0.6) is 5.75 Å². The van der Waals surface area contributed by atoms with Crippen LogP contribution in [0.3, 0.4) is 0 Å². The van der Waals surface area contributed by atoms with E-state index in [-0.39, 0.29) is 12.2 Å². The van der Waals surface area contributed by atoms with Crippen molar-refractivity contribution in [1.29, 1.82) is 0 Å². The third-order valence-corrected chi connectivity index (χ3v) is 4.57. The summed E-state index contributed by atoms with van der Waals surface area (Å²) in [4.78, 5) is 11.3. The number of aliphatic hydroxyl groups excluding tert-OH is 1. The molecule has 0 bridgehead atoms. The number of nitrogens with zero attached hydrogens (tertiary/aromatic N) is 3. The molecule has 2 aliphatic rings. The Balaban J connectivity index is 1.58. The van der Waals surface area contributed by atoms with Crippen molar-refractivity contribution in [3.8, 4) is 5.75 Å². The van der Waals surface area contributed by atoms with Crippen LogP contribution in [0.15, 0.2) is 41.5 Å². The highest BCUT2D eigenvalue weighted by Crippen LogP contribution is 2.36. The summed E-state index contributed by atoms with van der Waals surface area (Å²) in [5.74, 6) is 1.77. The highest BCUT2D eigenvalue weighted by atomic mass is 16.5. The molecule has 0 spiro atoms. The molecule has 5 nitrogen and oxygen atoms in total. The van der Waals surface area contributed by atoms with E-state index in [0.29, 0.717) is 6.54 Å². The van der Waals surface area contributed by atoms with Gasteiger partial charge in [-0.05, 0) is 57.0 Å². The molecule has 1 unspecified atom stereocenters. The fourth-order valence-electron chi connectivity index (χ4n) is 3.40. The average Bonchev–Trinajstić information content (AvgIpc) is 2.57. The summed E-state index contributed by atoms with van der Waals surface area (Å²) in [7, 11) is 0. The summed E-state index contributed by atoms with van der Waals surface area (Å²) in [6.45, 7) is 5.63. The number of fused-ring (bicyclic) bond motifs is 1. The molecule has 0 aliphatic carbocycles. The van der Waals surface area contributed by atoms with Gasteiger partial charge < -0.3 is 14.7 Å². The van der Waals surface area contributed by atoms with Gasteiger partial charge in [-0.25, -0.2) is 9.98 Å². The van der Waals surface area contributed by atoms with Gasteiger partial charge in [-0.2, -0.15) is 0 Å². The first-order valence-electron chi connectivity index (χ1n) is 8.89. The van der Waals surface area contributed by atoms with Crippen LogP contribution in [0, 0.1) is 0 Å². The lowest BCUT2D eigenvalue weighted by Gasteiger charge is -2.31. The van der Waals surface area contributed by atoms with Crippen molar-refractivity contribution >= 4 is 17.2 Å². The Kier molecular flexibility index (Phi) is 4.17. The maximum absolute atomic E-state index is 9.90. The van der Waals surface area contributed by atoms with Gasteiger partial charge in [-0.3, -0.25) is 0 Å². The van der Waals surface area contributed by atoms with Crippen LogP contribution in [-0.4, -0.2) is 41.1 Å². The van der Waals surface area contributed by atoms with Crippen LogP contribution >= 0.6 is 0 Å². The van der Waals surface area contributed by atoms with Crippen LogP contribution in [0.4, 0.5) is 11.5 Å².